The zero-order valence-corrected chi connectivity index (χ0v) is 22.0. The molecule has 2 aromatic carbocycles. The largest absolute Gasteiger partial charge is 0.417 e. The van der Waals surface area contributed by atoms with E-state index in [9.17, 15) is 26.4 Å². The molecular weight excluding hydrogens is 579 g/mol. The van der Waals surface area contributed by atoms with Crippen LogP contribution in [0.25, 0.3) is 0 Å². The molecule has 2 aliphatic heterocycles. The highest BCUT2D eigenvalue weighted by Crippen LogP contribution is 2.36. The van der Waals surface area contributed by atoms with E-state index in [0.717, 1.165) is 6.07 Å². The molecule has 0 aliphatic carbocycles. The predicted octanol–water partition coefficient (Wildman–Crippen LogP) is 3.36. The van der Waals surface area contributed by atoms with Gasteiger partial charge < -0.3 is 15.4 Å². The molecular formula is C22H21ClF3N9O4S. The van der Waals surface area contributed by atoms with Crippen molar-refractivity contribution in [3.8, 4) is 0 Å². The van der Waals surface area contributed by atoms with Crippen LogP contribution in [0.3, 0.4) is 0 Å². The maximum Gasteiger partial charge on any atom is 0.417 e. The number of sulfonamides is 1. The van der Waals surface area contributed by atoms with Gasteiger partial charge in [-0.1, -0.05) is 11.6 Å². The number of nitrogens with one attached hydrogen (secondary N) is 3. The number of alkyl halides is 3. The summed E-state index contributed by atoms with van der Waals surface area (Å²) in [5.41, 5.74) is 1.73. The standard InChI is InChI=1S/C22H21ClF3N9O4S/c1-11-8-34-9-17(39-11)19-28-10-29-20(32-19)35(34)33-16-7-13(3-5-18(16)40(27,37)38)31-21(36)30-12-2-4-15(23)14(6-12)22(24,25)26/h2-7,10-11,17,33H,8-9H2,1H3,(H2,27,37,38)(H2,30,31,36). The van der Waals surface area contributed by atoms with E-state index in [1.807, 2.05) is 6.92 Å². The van der Waals surface area contributed by atoms with Crippen molar-refractivity contribution in [2.75, 3.05) is 34.3 Å². The van der Waals surface area contributed by atoms with E-state index in [1.54, 1.807) is 5.01 Å². The van der Waals surface area contributed by atoms with Gasteiger partial charge in [0.25, 0.3) is 5.95 Å². The number of urea groups is 1. The molecule has 2 amide bonds. The van der Waals surface area contributed by atoms with E-state index in [-0.39, 0.29) is 34.0 Å². The molecule has 4 bridgehead atoms. The number of rotatable bonds is 5. The number of ether oxygens (including phenoxy) is 1. The minimum Gasteiger partial charge on any atom is -0.364 e. The second-order valence-corrected chi connectivity index (χ2v) is 10.8. The van der Waals surface area contributed by atoms with Crippen molar-refractivity contribution < 1.29 is 31.1 Å². The highest BCUT2D eigenvalue weighted by Gasteiger charge is 2.37. The van der Waals surface area contributed by atoms with Crippen LogP contribution >= 0.6 is 11.6 Å². The predicted molar refractivity (Wildman–Crippen MR) is 138 cm³/mol. The minimum absolute atomic E-state index is 0.0364. The first-order valence-electron chi connectivity index (χ1n) is 11.6. The van der Waals surface area contributed by atoms with Gasteiger partial charge in [-0.25, -0.2) is 23.3 Å². The van der Waals surface area contributed by atoms with E-state index in [2.05, 4.69) is 31.0 Å². The molecule has 5 rings (SSSR count). The molecule has 18 heteroatoms. The number of nitrogens with zero attached hydrogens (tertiary/aromatic N) is 5. The Kier molecular flexibility index (Phi) is 7.17. The lowest BCUT2D eigenvalue weighted by atomic mass is 10.2. The van der Waals surface area contributed by atoms with Gasteiger partial charge in [-0.2, -0.15) is 33.3 Å². The van der Waals surface area contributed by atoms with Crippen molar-refractivity contribution in [1.29, 1.82) is 0 Å². The topological polar surface area (TPSA) is 168 Å². The van der Waals surface area contributed by atoms with E-state index in [4.69, 9.17) is 21.5 Å². The number of hydrogen-bond acceptors (Lipinski definition) is 10. The third-order valence-electron chi connectivity index (χ3n) is 5.88. The highest BCUT2D eigenvalue weighted by atomic mass is 35.5. The number of primary sulfonamides is 1. The Hall–Kier alpha value is -3.77. The summed E-state index contributed by atoms with van der Waals surface area (Å²) in [5.74, 6) is 0.561. The fourth-order valence-corrected chi connectivity index (χ4v) is 5.10. The summed E-state index contributed by atoms with van der Waals surface area (Å²) in [6.45, 7) is 2.59. The number of carbonyl (C=O) groups is 1. The average Bonchev–Trinajstić information content (AvgIpc) is 2.92. The zero-order chi connectivity index (χ0) is 28.8. The zero-order valence-electron chi connectivity index (χ0n) is 20.5. The van der Waals surface area contributed by atoms with Crippen LogP contribution in [0.4, 0.5) is 41.0 Å². The molecule has 3 atom stereocenters. The van der Waals surface area contributed by atoms with Gasteiger partial charge in [0.15, 0.2) is 5.82 Å². The van der Waals surface area contributed by atoms with Crippen LogP contribution in [0.2, 0.25) is 5.02 Å². The molecule has 1 saturated heterocycles. The van der Waals surface area contributed by atoms with Gasteiger partial charge in [-0.3, -0.25) is 5.43 Å². The summed E-state index contributed by atoms with van der Waals surface area (Å²) >= 11 is 5.63. The maximum atomic E-state index is 13.2. The molecule has 40 heavy (non-hydrogen) atoms. The normalized spacial score (nSPS) is 20.4. The number of benzene rings is 2. The number of aromatic nitrogens is 3. The lowest BCUT2D eigenvalue weighted by molar-refractivity contribution is -0.137. The quantitative estimate of drug-likeness (QED) is 0.341. The number of fused-ring (bicyclic) bond motifs is 5. The van der Waals surface area contributed by atoms with Crippen LogP contribution in [0.15, 0.2) is 47.6 Å². The van der Waals surface area contributed by atoms with Gasteiger partial charge >= 0.3 is 12.2 Å². The Morgan fingerprint density at radius 1 is 1.12 bits per heavy atom. The van der Waals surface area contributed by atoms with Gasteiger partial charge in [0.05, 0.1) is 28.9 Å². The van der Waals surface area contributed by atoms with Crippen LogP contribution in [-0.4, -0.2) is 53.6 Å². The molecule has 2 aliphatic rings. The first-order valence-corrected chi connectivity index (χ1v) is 13.5. The summed E-state index contributed by atoms with van der Waals surface area (Å²) in [6.07, 6.45) is -4.09. The van der Waals surface area contributed by atoms with Crippen molar-refractivity contribution in [2.24, 2.45) is 5.14 Å². The van der Waals surface area contributed by atoms with Crippen molar-refractivity contribution in [3.05, 3.63) is 59.1 Å². The van der Waals surface area contributed by atoms with Crippen molar-refractivity contribution in [1.82, 2.24) is 20.0 Å². The van der Waals surface area contributed by atoms with Crippen LogP contribution in [0, 0.1) is 0 Å². The van der Waals surface area contributed by atoms with Gasteiger partial charge in [0.2, 0.25) is 10.0 Å². The highest BCUT2D eigenvalue weighted by molar-refractivity contribution is 7.89. The van der Waals surface area contributed by atoms with Crippen LogP contribution in [0.1, 0.15) is 24.4 Å². The summed E-state index contributed by atoms with van der Waals surface area (Å²) in [4.78, 5) is 25.0. The summed E-state index contributed by atoms with van der Waals surface area (Å²) in [6, 6.07) is 5.73. The molecule has 5 N–H and O–H groups in total. The number of hydrazine groups is 2. The Morgan fingerprint density at radius 3 is 2.52 bits per heavy atom. The van der Waals surface area contributed by atoms with Gasteiger partial charge in [-0.05, 0) is 43.3 Å². The second-order valence-electron chi connectivity index (χ2n) is 8.90. The second kappa shape index (κ2) is 10.3. The lowest BCUT2D eigenvalue weighted by Gasteiger charge is -2.39. The number of halogens is 4. The molecule has 212 valence electrons. The average molecular weight is 600 g/mol. The summed E-state index contributed by atoms with van der Waals surface area (Å²) in [5, 5.41) is 12.9. The molecule has 1 aromatic heterocycles. The number of amides is 2. The number of anilines is 4. The minimum atomic E-state index is -4.72. The third kappa shape index (κ3) is 5.87. The Balaban J connectivity index is 1.42. The molecule has 0 saturated carbocycles. The smallest absolute Gasteiger partial charge is 0.364 e. The van der Waals surface area contributed by atoms with Gasteiger partial charge in [-0.15, -0.1) is 0 Å². The Bertz CT molecular complexity index is 1580. The van der Waals surface area contributed by atoms with E-state index in [0.29, 0.717) is 25.0 Å². The third-order valence-corrected chi connectivity index (χ3v) is 7.18. The number of hydrogen-bond donors (Lipinski definition) is 4. The van der Waals surface area contributed by atoms with E-state index >= 15 is 0 Å². The first-order chi connectivity index (χ1) is 18.8. The van der Waals surface area contributed by atoms with Gasteiger partial charge in [0, 0.05) is 17.9 Å². The summed E-state index contributed by atoms with van der Waals surface area (Å²) < 4.78 is 70.1. The van der Waals surface area contributed by atoms with E-state index < -0.39 is 38.9 Å². The first kappa shape index (κ1) is 27.8. The fourth-order valence-electron chi connectivity index (χ4n) is 4.21. The molecule has 0 spiro atoms. The number of carbonyl (C=O) groups excluding carboxylic acids is 1. The number of nitrogens with two attached hydrogens (primary N) is 1. The maximum absolute atomic E-state index is 13.2. The van der Waals surface area contributed by atoms with Crippen molar-refractivity contribution in [3.63, 3.8) is 0 Å². The van der Waals surface area contributed by atoms with Crippen LogP contribution in [-0.2, 0) is 20.9 Å². The monoisotopic (exact) mass is 599 g/mol. The Labute approximate surface area is 230 Å². The van der Waals surface area contributed by atoms with Crippen LogP contribution < -0.4 is 26.3 Å². The van der Waals surface area contributed by atoms with E-state index in [1.165, 1.54) is 35.7 Å². The number of morpholine rings is 1. The van der Waals surface area contributed by atoms with Crippen LogP contribution in [0.5, 0.6) is 0 Å². The van der Waals surface area contributed by atoms with Gasteiger partial charge in [0.1, 0.15) is 17.3 Å². The van der Waals surface area contributed by atoms with Crippen molar-refractivity contribution >= 4 is 50.7 Å². The molecule has 13 nitrogen and oxygen atoms in total. The Morgan fingerprint density at radius 2 is 1.82 bits per heavy atom. The summed E-state index contributed by atoms with van der Waals surface area (Å²) in [7, 11) is -4.24. The molecule has 0 radical (unpaired) electrons. The lowest BCUT2D eigenvalue weighted by Crippen LogP contribution is -2.54. The molecule has 3 unspecified atom stereocenters. The molecule has 3 aromatic rings. The van der Waals surface area contributed by atoms with Crippen molar-refractivity contribution in [2.45, 2.75) is 30.2 Å². The fraction of sp³-hybridized carbons (Fsp3) is 0.273. The SMILES string of the molecule is CC1CN2CC(O1)c1ncnc(n1)N2Nc1cc(NC(=O)Nc2ccc(Cl)c(C(F)(F)F)c2)ccc1S(N)(=O)=O. The molecule has 1 fully saturated rings. The molecule has 3 heterocycles.